The summed E-state index contributed by atoms with van der Waals surface area (Å²) in [6, 6.07) is 14.0. The smallest absolute Gasteiger partial charge is 0.291 e. The summed E-state index contributed by atoms with van der Waals surface area (Å²) in [4.78, 5) is 21.3. The van der Waals surface area contributed by atoms with Crippen LogP contribution in [0.3, 0.4) is 0 Å². The topological polar surface area (TPSA) is 95.6 Å². The molecule has 0 radical (unpaired) electrons. The fourth-order valence-corrected chi connectivity index (χ4v) is 3.45. The first kappa shape index (κ1) is 17.2. The Kier molecular flexibility index (Phi) is 4.82. The van der Waals surface area contributed by atoms with E-state index >= 15 is 0 Å². The molecule has 1 aliphatic rings. The van der Waals surface area contributed by atoms with Crippen molar-refractivity contribution in [2.45, 2.75) is 31.7 Å². The van der Waals surface area contributed by atoms with E-state index in [1.54, 1.807) is 6.20 Å². The summed E-state index contributed by atoms with van der Waals surface area (Å²) in [5, 5.41) is 13.3. The van der Waals surface area contributed by atoms with E-state index in [0.717, 1.165) is 17.8 Å². The zero-order chi connectivity index (χ0) is 18.6. The maximum Gasteiger partial charge on any atom is 0.291 e. The van der Waals surface area contributed by atoms with Gasteiger partial charge < -0.3 is 10.6 Å². The molecule has 2 aromatic heterocycles. The molecule has 3 N–H and O–H groups in total. The third kappa shape index (κ3) is 3.97. The maximum absolute atomic E-state index is 12.6. The molecule has 1 aromatic carbocycles. The van der Waals surface area contributed by atoms with Gasteiger partial charge in [0.25, 0.3) is 5.91 Å². The average molecular weight is 362 g/mol. The van der Waals surface area contributed by atoms with Crippen LogP contribution in [0.15, 0.2) is 48.7 Å². The lowest BCUT2D eigenvalue weighted by Crippen LogP contribution is -2.40. The van der Waals surface area contributed by atoms with E-state index in [1.807, 2.05) is 36.4 Å². The van der Waals surface area contributed by atoms with Gasteiger partial charge in [-0.15, -0.1) is 5.10 Å². The number of carbonyl (C=O) groups is 1. The highest BCUT2D eigenvalue weighted by Gasteiger charge is 2.24. The van der Waals surface area contributed by atoms with Crippen molar-refractivity contribution in [3.05, 3.63) is 71.4 Å². The minimum Gasteiger partial charge on any atom is -0.368 e. The molecule has 3 aromatic rings. The molecule has 0 unspecified atom stereocenters. The summed E-state index contributed by atoms with van der Waals surface area (Å²) in [6.07, 6.45) is 3.22. The number of nitrogens with zero attached hydrogens (tertiary/aromatic N) is 3. The van der Waals surface area contributed by atoms with Crippen LogP contribution in [0.5, 0.6) is 0 Å². The van der Waals surface area contributed by atoms with Gasteiger partial charge in [-0.25, -0.2) is 9.97 Å². The van der Waals surface area contributed by atoms with Crippen LogP contribution in [-0.2, 0) is 6.42 Å². The van der Waals surface area contributed by atoms with Crippen LogP contribution in [-0.4, -0.2) is 38.7 Å². The molecule has 0 bridgehead atoms. The number of aromatic amines is 1. The minimum atomic E-state index is -0.261. The largest absolute Gasteiger partial charge is 0.368 e. The maximum atomic E-state index is 12.6. The highest BCUT2D eigenvalue weighted by atomic mass is 16.2. The Morgan fingerprint density at radius 1 is 1.22 bits per heavy atom. The molecular formula is C20H22N6O. The molecule has 3 heterocycles. The first-order valence-corrected chi connectivity index (χ1v) is 9.14. The lowest BCUT2D eigenvalue weighted by Gasteiger charge is -2.17. The number of fused-ring (bicyclic) bond motifs is 1. The molecule has 7 heteroatoms. The SMILES string of the molecule is C[C@H]1C[C@@H](NC(=O)c2n[nH]c(Cc3ccccc3)n2)CNc2ncccc21. The van der Waals surface area contributed by atoms with Crippen molar-refractivity contribution in [2.75, 3.05) is 11.9 Å². The van der Waals surface area contributed by atoms with Crippen molar-refractivity contribution in [1.29, 1.82) is 0 Å². The fraction of sp³-hybridized carbons (Fsp3) is 0.300. The number of H-pyrrole nitrogens is 1. The standard InChI is InChI=1S/C20H22N6O/c1-13-10-15(12-22-18-16(13)8-5-9-21-18)23-20(27)19-24-17(25-26-19)11-14-6-3-2-4-7-14/h2-9,13,15H,10-12H2,1H3,(H,21,22)(H,23,27)(H,24,25,26)/t13-,15+/m0/s1. The van der Waals surface area contributed by atoms with Gasteiger partial charge in [0.05, 0.1) is 0 Å². The molecule has 0 aliphatic carbocycles. The minimum absolute atomic E-state index is 0.0160. The molecule has 1 aliphatic heterocycles. The molecule has 0 saturated carbocycles. The van der Waals surface area contributed by atoms with E-state index in [2.05, 4.69) is 43.8 Å². The molecule has 7 nitrogen and oxygen atoms in total. The summed E-state index contributed by atoms with van der Waals surface area (Å²) < 4.78 is 0. The van der Waals surface area contributed by atoms with Crippen molar-refractivity contribution in [3.63, 3.8) is 0 Å². The summed E-state index contributed by atoms with van der Waals surface area (Å²) in [6.45, 7) is 2.78. The number of benzene rings is 1. The van der Waals surface area contributed by atoms with Gasteiger partial charge in [0.2, 0.25) is 5.82 Å². The molecule has 0 fully saturated rings. The molecule has 27 heavy (non-hydrogen) atoms. The number of anilines is 1. The van der Waals surface area contributed by atoms with E-state index in [4.69, 9.17) is 0 Å². The van der Waals surface area contributed by atoms with Gasteiger partial charge in [-0.3, -0.25) is 9.89 Å². The summed E-state index contributed by atoms with van der Waals surface area (Å²) in [7, 11) is 0. The number of hydrogen-bond donors (Lipinski definition) is 3. The average Bonchev–Trinajstić information content (AvgIpc) is 3.09. The van der Waals surface area contributed by atoms with E-state index in [-0.39, 0.29) is 17.8 Å². The fourth-order valence-electron chi connectivity index (χ4n) is 3.45. The Hall–Kier alpha value is -3.22. The van der Waals surface area contributed by atoms with Gasteiger partial charge in [0.1, 0.15) is 11.6 Å². The molecule has 0 saturated heterocycles. The Labute approximate surface area is 157 Å². The van der Waals surface area contributed by atoms with Crippen molar-refractivity contribution in [3.8, 4) is 0 Å². The van der Waals surface area contributed by atoms with E-state index in [1.165, 1.54) is 5.56 Å². The summed E-state index contributed by atoms with van der Waals surface area (Å²) in [5.41, 5.74) is 2.30. The predicted octanol–water partition coefficient (Wildman–Crippen LogP) is 2.51. The molecule has 1 amide bonds. The third-order valence-electron chi connectivity index (χ3n) is 4.81. The van der Waals surface area contributed by atoms with Crippen LogP contribution in [0.2, 0.25) is 0 Å². The van der Waals surface area contributed by atoms with Crippen LogP contribution in [0.4, 0.5) is 5.82 Å². The van der Waals surface area contributed by atoms with Gasteiger partial charge >= 0.3 is 0 Å². The van der Waals surface area contributed by atoms with Gasteiger partial charge in [-0.1, -0.05) is 43.3 Å². The van der Waals surface area contributed by atoms with E-state index in [9.17, 15) is 4.79 Å². The molecule has 138 valence electrons. The predicted molar refractivity (Wildman–Crippen MR) is 103 cm³/mol. The summed E-state index contributed by atoms with van der Waals surface area (Å²) in [5.74, 6) is 1.78. The second-order valence-corrected chi connectivity index (χ2v) is 6.90. The normalized spacial score (nSPS) is 18.9. The first-order valence-electron chi connectivity index (χ1n) is 9.14. The number of pyridine rings is 1. The Morgan fingerprint density at radius 2 is 2.07 bits per heavy atom. The number of hydrogen-bond acceptors (Lipinski definition) is 5. The molecular weight excluding hydrogens is 340 g/mol. The molecule has 4 rings (SSSR count). The van der Waals surface area contributed by atoms with Crippen molar-refractivity contribution in [1.82, 2.24) is 25.5 Å². The number of aromatic nitrogens is 4. The van der Waals surface area contributed by atoms with Gasteiger partial charge in [0.15, 0.2) is 0 Å². The lowest BCUT2D eigenvalue weighted by molar-refractivity contribution is 0.0926. The van der Waals surface area contributed by atoms with Crippen LogP contribution in [0.25, 0.3) is 0 Å². The van der Waals surface area contributed by atoms with Gasteiger partial charge in [-0.05, 0) is 29.5 Å². The third-order valence-corrected chi connectivity index (χ3v) is 4.81. The second kappa shape index (κ2) is 7.57. The van der Waals surface area contributed by atoms with Gasteiger partial charge in [0, 0.05) is 25.2 Å². The van der Waals surface area contributed by atoms with Gasteiger partial charge in [-0.2, -0.15) is 0 Å². The summed E-state index contributed by atoms with van der Waals surface area (Å²) >= 11 is 0. The molecule has 0 spiro atoms. The quantitative estimate of drug-likeness (QED) is 0.663. The van der Waals surface area contributed by atoms with Crippen LogP contribution in [0, 0.1) is 0 Å². The van der Waals surface area contributed by atoms with E-state index in [0.29, 0.717) is 24.7 Å². The highest BCUT2D eigenvalue weighted by molar-refractivity contribution is 5.90. The number of nitrogens with one attached hydrogen (secondary N) is 3. The Bertz CT molecular complexity index is 923. The first-order chi connectivity index (χ1) is 13.2. The highest BCUT2D eigenvalue weighted by Crippen LogP contribution is 2.29. The molecule has 2 atom stereocenters. The van der Waals surface area contributed by atoms with Crippen molar-refractivity contribution in [2.24, 2.45) is 0 Å². The van der Waals surface area contributed by atoms with Crippen LogP contribution in [0.1, 0.15) is 46.8 Å². The number of amides is 1. The van der Waals surface area contributed by atoms with Crippen molar-refractivity contribution < 1.29 is 4.79 Å². The number of rotatable bonds is 4. The number of carbonyl (C=O) groups excluding carboxylic acids is 1. The van der Waals surface area contributed by atoms with E-state index < -0.39 is 0 Å². The Morgan fingerprint density at radius 3 is 2.93 bits per heavy atom. The zero-order valence-corrected chi connectivity index (χ0v) is 15.1. The van der Waals surface area contributed by atoms with Crippen LogP contribution < -0.4 is 10.6 Å². The van der Waals surface area contributed by atoms with Crippen molar-refractivity contribution >= 4 is 11.7 Å². The monoisotopic (exact) mass is 362 g/mol. The zero-order valence-electron chi connectivity index (χ0n) is 15.1. The lowest BCUT2D eigenvalue weighted by atomic mass is 9.96. The second-order valence-electron chi connectivity index (χ2n) is 6.90. The van der Waals surface area contributed by atoms with Crippen LogP contribution >= 0.6 is 0 Å². The Balaban J connectivity index is 1.40.